The van der Waals surface area contributed by atoms with Gasteiger partial charge in [0.25, 0.3) is 0 Å². The van der Waals surface area contributed by atoms with Gasteiger partial charge in [-0.2, -0.15) is 0 Å². The molecule has 8 heteroatoms. The Kier molecular flexibility index (Phi) is 7.67. The Hall–Kier alpha value is -3.13. The molecule has 0 unspecified atom stereocenters. The molecule has 34 heavy (non-hydrogen) atoms. The maximum atomic E-state index is 14.5. The van der Waals surface area contributed by atoms with E-state index in [1.54, 1.807) is 24.1 Å². The highest BCUT2D eigenvalue weighted by Gasteiger charge is 2.27. The Labute approximate surface area is 200 Å². The molecule has 0 saturated carbocycles. The van der Waals surface area contributed by atoms with E-state index in [-0.39, 0.29) is 17.9 Å². The summed E-state index contributed by atoms with van der Waals surface area (Å²) in [7, 11) is 1.66. The van der Waals surface area contributed by atoms with E-state index >= 15 is 0 Å². The summed E-state index contributed by atoms with van der Waals surface area (Å²) in [6.07, 6.45) is 2.35. The van der Waals surface area contributed by atoms with Crippen molar-refractivity contribution in [3.8, 4) is 5.75 Å². The van der Waals surface area contributed by atoms with Crippen LogP contribution in [-0.4, -0.2) is 74.5 Å². The first-order chi connectivity index (χ1) is 16.5. The number of hydrogen-bond donors (Lipinski definition) is 1. The fraction of sp³-hybridized carbons (Fsp3) is 0.462. The molecular formula is C26H33FN4O3. The molecule has 2 fully saturated rings. The molecule has 1 atom stereocenters. The highest BCUT2D eigenvalue weighted by molar-refractivity contribution is 5.94. The second-order valence-corrected chi connectivity index (χ2v) is 8.91. The standard InChI is InChI=1S/C26H33FN4O3/c1-19(32)21-7-10-24(23(27)17-21)30-13-15-31(16-14-30)26(33)28-18-25(29-11-3-4-12-29)20-5-8-22(34-2)9-6-20/h5-10,17,25H,3-4,11-16,18H2,1-2H3,(H,28,33)/t25-/m0/s1. The van der Waals surface area contributed by atoms with Crippen LogP contribution in [-0.2, 0) is 0 Å². The number of likely N-dealkylation sites (tertiary alicyclic amines) is 1. The van der Waals surface area contributed by atoms with Crippen LogP contribution in [0.1, 0.15) is 41.7 Å². The molecule has 2 amide bonds. The number of hydrogen-bond acceptors (Lipinski definition) is 5. The van der Waals surface area contributed by atoms with Gasteiger partial charge in [0.05, 0.1) is 18.8 Å². The largest absolute Gasteiger partial charge is 0.497 e. The van der Waals surface area contributed by atoms with Crippen molar-refractivity contribution in [2.75, 3.05) is 57.8 Å². The van der Waals surface area contributed by atoms with Crippen LogP contribution in [0.25, 0.3) is 0 Å². The first-order valence-electron chi connectivity index (χ1n) is 11.9. The minimum absolute atomic E-state index is 0.0928. The van der Waals surface area contributed by atoms with Gasteiger partial charge in [0.2, 0.25) is 0 Å². The lowest BCUT2D eigenvalue weighted by molar-refractivity contribution is 0.101. The number of carbonyl (C=O) groups is 2. The minimum Gasteiger partial charge on any atom is -0.497 e. The van der Waals surface area contributed by atoms with Gasteiger partial charge in [0, 0.05) is 38.3 Å². The quantitative estimate of drug-likeness (QED) is 0.628. The van der Waals surface area contributed by atoms with Gasteiger partial charge in [-0.15, -0.1) is 0 Å². The molecule has 0 bridgehead atoms. The van der Waals surface area contributed by atoms with Crippen LogP contribution in [0.2, 0.25) is 0 Å². The van der Waals surface area contributed by atoms with Crippen LogP contribution < -0.4 is 15.0 Å². The third kappa shape index (κ3) is 5.50. The van der Waals surface area contributed by atoms with Gasteiger partial charge in [0.1, 0.15) is 11.6 Å². The average Bonchev–Trinajstić information content (AvgIpc) is 3.39. The van der Waals surface area contributed by atoms with Crippen LogP contribution >= 0.6 is 0 Å². The molecule has 1 N–H and O–H groups in total. The van der Waals surface area contributed by atoms with Crippen LogP contribution in [0.3, 0.4) is 0 Å². The summed E-state index contributed by atoms with van der Waals surface area (Å²) in [5.74, 6) is 0.255. The first kappa shape index (κ1) is 24.0. The Morgan fingerprint density at radius 3 is 2.26 bits per heavy atom. The number of piperazine rings is 1. The zero-order valence-electron chi connectivity index (χ0n) is 19.9. The van der Waals surface area contributed by atoms with Gasteiger partial charge in [-0.05, 0) is 68.8 Å². The number of anilines is 1. The van der Waals surface area contributed by atoms with E-state index < -0.39 is 5.82 Å². The van der Waals surface area contributed by atoms with E-state index in [0.717, 1.165) is 24.4 Å². The number of amides is 2. The fourth-order valence-corrected chi connectivity index (χ4v) is 4.77. The maximum Gasteiger partial charge on any atom is 0.317 e. The topological polar surface area (TPSA) is 65.1 Å². The van der Waals surface area contributed by atoms with Crippen LogP contribution in [0.5, 0.6) is 5.75 Å². The molecule has 182 valence electrons. The summed E-state index contributed by atoms with van der Waals surface area (Å²) in [6.45, 7) is 6.11. The van der Waals surface area contributed by atoms with E-state index in [9.17, 15) is 14.0 Å². The van der Waals surface area contributed by atoms with Gasteiger partial charge in [0.15, 0.2) is 5.78 Å². The Morgan fingerprint density at radius 2 is 1.68 bits per heavy atom. The molecule has 2 aromatic carbocycles. The number of benzene rings is 2. The lowest BCUT2D eigenvalue weighted by atomic mass is 10.1. The minimum atomic E-state index is -0.404. The van der Waals surface area contributed by atoms with Gasteiger partial charge >= 0.3 is 6.03 Å². The lowest BCUT2D eigenvalue weighted by Gasteiger charge is -2.37. The fourth-order valence-electron chi connectivity index (χ4n) is 4.77. The Bertz CT molecular complexity index is 1000. The predicted octanol–water partition coefficient (Wildman–Crippen LogP) is 3.71. The first-order valence-corrected chi connectivity index (χ1v) is 11.9. The van der Waals surface area contributed by atoms with Crippen molar-refractivity contribution in [1.29, 1.82) is 0 Å². The van der Waals surface area contributed by atoms with Crippen molar-refractivity contribution in [1.82, 2.24) is 15.1 Å². The van der Waals surface area contributed by atoms with Gasteiger partial charge in [-0.3, -0.25) is 9.69 Å². The van der Waals surface area contributed by atoms with E-state index in [1.807, 2.05) is 17.0 Å². The number of urea groups is 1. The van der Waals surface area contributed by atoms with Crippen molar-refractivity contribution in [3.05, 3.63) is 59.4 Å². The van der Waals surface area contributed by atoms with E-state index in [2.05, 4.69) is 22.3 Å². The van der Waals surface area contributed by atoms with Gasteiger partial charge in [-0.25, -0.2) is 9.18 Å². The molecule has 0 aliphatic carbocycles. The monoisotopic (exact) mass is 468 g/mol. The summed E-state index contributed by atoms with van der Waals surface area (Å²) in [4.78, 5) is 30.5. The number of ketones is 1. The molecule has 2 saturated heterocycles. The number of halogens is 1. The number of methoxy groups -OCH3 is 1. The maximum absolute atomic E-state index is 14.5. The zero-order valence-corrected chi connectivity index (χ0v) is 19.9. The lowest BCUT2D eigenvalue weighted by Crippen LogP contribution is -2.53. The highest BCUT2D eigenvalue weighted by Crippen LogP contribution is 2.27. The number of Topliss-reactive ketones (excluding diaryl/α,β-unsaturated/α-hetero) is 1. The van der Waals surface area contributed by atoms with Crippen LogP contribution in [0, 0.1) is 5.82 Å². The molecule has 0 aromatic heterocycles. The molecule has 0 spiro atoms. The average molecular weight is 469 g/mol. The van der Waals surface area contributed by atoms with Crippen molar-refractivity contribution in [2.24, 2.45) is 0 Å². The van der Waals surface area contributed by atoms with Crippen LogP contribution in [0.4, 0.5) is 14.9 Å². The summed E-state index contributed by atoms with van der Waals surface area (Å²) in [5.41, 5.74) is 2.00. The zero-order chi connectivity index (χ0) is 24.1. The highest BCUT2D eigenvalue weighted by atomic mass is 19.1. The number of nitrogens with zero attached hydrogens (tertiary/aromatic N) is 3. The Morgan fingerprint density at radius 1 is 1.00 bits per heavy atom. The predicted molar refractivity (Wildman–Crippen MR) is 130 cm³/mol. The van der Waals surface area contributed by atoms with E-state index in [1.165, 1.54) is 25.8 Å². The summed E-state index contributed by atoms with van der Waals surface area (Å²) < 4.78 is 19.8. The van der Waals surface area contributed by atoms with E-state index in [0.29, 0.717) is 44.0 Å². The number of carbonyl (C=O) groups excluding carboxylic acids is 2. The molecule has 2 aliphatic heterocycles. The Balaban J connectivity index is 1.34. The molecular weight excluding hydrogens is 435 g/mol. The molecule has 4 rings (SSSR count). The SMILES string of the molecule is COc1ccc([C@H](CNC(=O)N2CCN(c3ccc(C(C)=O)cc3F)CC2)N2CCCC2)cc1. The number of nitrogens with one attached hydrogen (secondary N) is 1. The number of rotatable bonds is 7. The summed E-state index contributed by atoms with van der Waals surface area (Å²) >= 11 is 0. The van der Waals surface area contributed by atoms with Gasteiger partial charge < -0.3 is 19.9 Å². The van der Waals surface area contributed by atoms with Crippen molar-refractivity contribution >= 4 is 17.5 Å². The van der Waals surface area contributed by atoms with Crippen LogP contribution in [0.15, 0.2) is 42.5 Å². The molecule has 2 aromatic rings. The van der Waals surface area contributed by atoms with Crippen molar-refractivity contribution < 1.29 is 18.7 Å². The third-order valence-electron chi connectivity index (χ3n) is 6.79. The molecule has 7 nitrogen and oxygen atoms in total. The van der Waals surface area contributed by atoms with Crippen molar-refractivity contribution in [2.45, 2.75) is 25.8 Å². The molecule has 2 aliphatic rings. The number of ether oxygens (including phenoxy) is 1. The smallest absolute Gasteiger partial charge is 0.317 e. The van der Waals surface area contributed by atoms with E-state index in [4.69, 9.17) is 4.74 Å². The van der Waals surface area contributed by atoms with Gasteiger partial charge in [-0.1, -0.05) is 12.1 Å². The molecule has 0 radical (unpaired) electrons. The summed E-state index contributed by atoms with van der Waals surface area (Å²) in [5, 5.41) is 3.13. The second kappa shape index (κ2) is 10.9. The second-order valence-electron chi connectivity index (χ2n) is 8.91. The molecule has 2 heterocycles. The third-order valence-corrected chi connectivity index (χ3v) is 6.79. The summed E-state index contributed by atoms with van der Waals surface area (Å²) in [6, 6.07) is 12.7. The normalized spacial score (nSPS) is 17.5. The van der Waals surface area contributed by atoms with Crippen molar-refractivity contribution in [3.63, 3.8) is 0 Å².